The first-order chi connectivity index (χ1) is 18.1. The maximum Gasteiger partial charge on any atom is 0.291 e. The van der Waals surface area contributed by atoms with E-state index in [2.05, 4.69) is 0 Å². The summed E-state index contributed by atoms with van der Waals surface area (Å²) < 4.78 is 11.6. The number of rotatable bonds is 4. The van der Waals surface area contributed by atoms with Gasteiger partial charge in [0.05, 0.1) is 36.0 Å². The molecule has 2 aliphatic heterocycles. The fourth-order valence-electron chi connectivity index (χ4n) is 5.64. The lowest BCUT2D eigenvalue weighted by atomic mass is 9.84. The number of carbonyl (C=O) groups is 2. The quantitative estimate of drug-likeness (QED) is 0.362. The summed E-state index contributed by atoms with van der Waals surface area (Å²) in [6.45, 7) is 0.278. The summed E-state index contributed by atoms with van der Waals surface area (Å²) in [7, 11) is 0. The molecule has 3 aromatic carbocycles. The number of hydrogen-bond acceptors (Lipinski definition) is 5. The molecule has 1 spiro atoms. The first-order valence-electron chi connectivity index (χ1n) is 12.0. The molecule has 37 heavy (non-hydrogen) atoms. The maximum absolute atomic E-state index is 14.6. The molecule has 5 aromatic rings. The van der Waals surface area contributed by atoms with Crippen LogP contribution in [0.4, 0.5) is 5.69 Å². The summed E-state index contributed by atoms with van der Waals surface area (Å²) in [6.07, 6.45) is 1.51. The van der Waals surface area contributed by atoms with Gasteiger partial charge in [0.1, 0.15) is 11.3 Å². The fraction of sp³-hybridized carbons (Fsp3) is 0.100. The summed E-state index contributed by atoms with van der Waals surface area (Å²) in [4.78, 5) is 45.8. The monoisotopic (exact) mass is 488 g/mol. The first-order valence-corrected chi connectivity index (χ1v) is 12.0. The van der Waals surface area contributed by atoms with E-state index in [1.54, 1.807) is 41.3 Å². The van der Waals surface area contributed by atoms with Gasteiger partial charge in [0, 0.05) is 5.56 Å². The van der Waals surface area contributed by atoms with Crippen LogP contribution >= 0.6 is 0 Å². The Bertz CT molecular complexity index is 1760. The summed E-state index contributed by atoms with van der Waals surface area (Å²) in [6, 6.07) is 27.2. The minimum atomic E-state index is -1.69. The highest BCUT2D eigenvalue weighted by molar-refractivity contribution is 6.17. The van der Waals surface area contributed by atoms with Crippen molar-refractivity contribution in [3.63, 3.8) is 0 Å². The van der Waals surface area contributed by atoms with E-state index < -0.39 is 16.9 Å². The minimum Gasteiger partial charge on any atom is -0.467 e. The molecule has 0 N–H and O–H groups in total. The van der Waals surface area contributed by atoms with E-state index in [1.807, 2.05) is 54.6 Å². The van der Waals surface area contributed by atoms with Crippen LogP contribution in [0.15, 0.2) is 111 Å². The second kappa shape index (κ2) is 7.80. The molecule has 0 radical (unpaired) electrons. The van der Waals surface area contributed by atoms with Gasteiger partial charge in [-0.25, -0.2) is 0 Å². The molecular weight excluding hydrogens is 468 g/mol. The van der Waals surface area contributed by atoms with Crippen LogP contribution < -0.4 is 10.3 Å². The topological polar surface area (TPSA) is 84.0 Å². The van der Waals surface area contributed by atoms with E-state index in [0.29, 0.717) is 28.0 Å². The molecule has 4 heterocycles. The van der Waals surface area contributed by atoms with E-state index in [4.69, 9.17) is 8.83 Å². The molecule has 2 amide bonds. The molecule has 2 aromatic heterocycles. The molecule has 0 aliphatic carbocycles. The Labute approximate surface area is 211 Å². The highest BCUT2D eigenvalue weighted by Crippen LogP contribution is 2.53. The van der Waals surface area contributed by atoms with Crippen molar-refractivity contribution in [2.24, 2.45) is 0 Å². The smallest absolute Gasteiger partial charge is 0.291 e. The van der Waals surface area contributed by atoms with Gasteiger partial charge in [-0.3, -0.25) is 14.4 Å². The summed E-state index contributed by atoms with van der Waals surface area (Å²) in [5.74, 6) is -0.526. The zero-order valence-electron chi connectivity index (χ0n) is 19.6. The molecule has 2 aliphatic rings. The Morgan fingerprint density at radius 1 is 0.757 bits per heavy atom. The van der Waals surface area contributed by atoms with E-state index in [-0.39, 0.29) is 30.3 Å². The SMILES string of the molecule is O=C1c2oc3ccccc3c(=O)c2C2(C(=O)N(Cc3ccccc3)c3ccccc32)N1Cc1ccco1. The van der Waals surface area contributed by atoms with Crippen molar-refractivity contribution in [3.05, 3.63) is 136 Å². The van der Waals surface area contributed by atoms with Crippen LogP contribution in [0.25, 0.3) is 11.0 Å². The van der Waals surface area contributed by atoms with Crippen LogP contribution in [-0.2, 0) is 23.4 Å². The zero-order valence-corrected chi connectivity index (χ0v) is 19.6. The number of para-hydroxylation sites is 2. The average Bonchev–Trinajstić information content (AvgIpc) is 3.59. The third-order valence-electron chi connectivity index (χ3n) is 7.22. The van der Waals surface area contributed by atoms with Crippen LogP contribution in [0.3, 0.4) is 0 Å². The van der Waals surface area contributed by atoms with Crippen molar-refractivity contribution < 1.29 is 18.4 Å². The normalized spacial score (nSPS) is 18.2. The van der Waals surface area contributed by atoms with E-state index in [0.717, 1.165) is 5.56 Å². The number of fused-ring (bicyclic) bond motifs is 5. The Morgan fingerprint density at radius 2 is 1.51 bits per heavy atom. The molecule has 180 valence electrons. The van der Waals surface area contributed by atoms with Crippen LogP contribution in [0.2, 0.25) is 0 Å². The maximum atomic E-state index is 14.6. The first kappa shape index (κ1) is 21.4. The van der Waals surface area contributed by atoms with Crippen LogP contribution in [0.5, 0.6) is 0 Å². The molecular formula is C30H20N2O5. The lowest BCUT2D eigenvalue weighted by molar-refractivity contribution is -0.126. The molecule has 7 rings (SSSR count). The second-order valence-corrected chi connectivity index (χ2v) is 9.21. The van der Waals surface area contributed by atoms with Crippen molar-refractivity contribution in [3.8, 4) is 0 Å². The number of hydrogen-bond donors (Lipinski definition) is 0. The van der Waals surface area contributed by atoms with E-state index in [9.17, 15) is 14.4 Å². The molecule has 7 nitrogen and oxygen atoms in total. The Hall–Kier alpha value is -4.91. The average molecular weight is 488 g/mol. The van der Waals surface area contributed by atoms with E-state index >= 15 is 0 Å². The number of anilines is 1. The lowest BCUT2D eigenvalue weighted by Gasteiger charge is -2.33. The van der Waals surface area contributed by atoms with Crippen molar-refractivity contribution >= 4 is 28.5 Å². The van der Waals surface area contributed by atoms with Gasteiger partial charge in [0.2, 0.25) is 5.76 Å². The standard InChI is InChI=1S/C30H20N2O5/c33-26-21-12-4-7-15-24(21)37-27-25(26)30(32(28(27)34)18-20-11-8-16-36-20)22-13-5-6-14-23(22)31(29(30)35)17-19-9-2-1-3-10-19/h1-16H,17-18H2. The molecule has 1 unspecified atom stereocenters. The number of amides is 2. The van der Waals surface area contributed by atoms with Gasteiger partial charge in [0.15, 0.2) is 11.0 Å². The number of nitrogens with zero attached hydrogens (tertiary/aromatic N) is 2. The lowest BCUT2D eigenvalue weighted by Crippen LogP contribution is -2.52. The predicted molar refractivity (Wildman–Crippen MR) is 136 cm³/mol. The molecule has 0 fully saturated rings. The second-order valence-electron chi connectivity index (χ2n) is 9.21. The third-order valence-corrected chi connectivity index (χ3v) is 7.22. The van der Waals surface area contributed by atoms with Crippen molar-refractivity contribution in [2.75, 3.05) is 4.90 Å². The van der Waals surface area contributed by atoms with Crippen molar-refractivity contribution in [1.82, 2.24) is 4.90 Å². The largest absolute Gasteiger partial charge is 0.467 e. The Balaban J connectivity index is 1.53. The van der Waals surface area contributed by atoms with Crippen molar-refractivity contribution in [1.29, 1.82) is 0 Å². The predicted octanol–water partition coefficient (Wildman–Crippen LogP) is 4.83. The number of carbonyl (C=O) groups excluding carboxylic acids is 2. The molecule has 0 saturated heterocycles. The molecule has 0 bridgehead atoms. The highest BCUT2D eigenvalue weighted by Gasteiger charge is 2.65. The van der Waals surface area contributed by atoms with Gasteiger partial charge in [0.25, 0.3) is 11.8 Å². The summed E-state index contributed by atoms with van der Waals surface area (Å²) in [5, 5.41) is 0.320. The fourth-order valence-corrected chi connectivity index (χ4v) is 5.64. The summed E-state index contributed by atoms with van der Waals surface area (Å²) >= 11 is 0. The van der Waals surface area contributed by atoms with Gasteiger partial charge in [-0.15, -0.1) is 0 Å². The Morgan fingerprint density at radius 3 is 2.32 bits per heavy atom. The van der Waals surface area contributed by atoms with Gasteiger partial charge in [-0.2, -0.15) is 0 Å². The van der Waals surface area contributed by atoms with Crippen LogP contribution in [0, 0.1) is 0 Å². The zero-order chi connectivity index (χ0) is 25.1. The highest BCUT2D eigenvalue weighted by atomic mass is 16.4. The number of benzene rings is 3. The van der Waals surface area contributed by atoms with Crippen LogP contribution in [0.1, 0.15) is 33.0 Å². The van der Waals surface area contributed by atoms with Gasteiger partial charge < -0.3 is 18.6 Å². The molecule has 1 atom stereocenters. The summed E-state index contributed by atoms with van der Waals surface area (Å²) in [5.41, 5.74) is 0.415. The van der Waals surface area contributed by atoms with E-state index in [1.165, 1.54) is 11.2 Å². The van der Waals surface area contributed by atoms with Gasteiger partial charge in [-0.1, -0.05) is 60.7 Å². The molecule has 7 heteroatoms. The third kappa shape index (κ3) is 2.85. The van der Waals surface area contributed by atoms with Gasteiger partial charge >= 0.3 is 0 Å². The minimum absolute atomic E-state index is 0.00886. The van der Waals surface area contributed by atoms with Crippen LogP contribution in [-0.4, -0.2) is 16.7 Å². The van der Waals surface area contributed by atoms with Gasteiger partial charge in [-0.05, 0) is 35.9 Å². The number of furan rings is 1. The van der Waals surface area contributed by atoms with Crippen molar-refractivity contribution in [2.45, 2.75) is 18.6 Å². The Kier molecular flexibility index (Phi) is 4.50. The molecule has 0 saturated carbocycles.